The average Bonchev–Trinajstić information content (AvgIpc) is 3.44. The standard InChI is InChI=1S/C34H25BrFN3O4/c1-3-6-23-15-22(16-30(41-2)32(23)42-20-21-9-12-26(36)13-10-21)19-37-39-33(38-28-8-5-4-7-27(28)34(39)40)31-18-24-17-25(35)11-14-29(24)43-31/h3-5,7-19H,1,6,20H2,2H3. The molecule has 0 saturated carbocycles. The van der Waals surface area contributed by atoms with Crippen LogP contribution in [-0.2, 0) is 13.0 Å². The second-order valence-electron chi connectivity index (χ2n) is 9.73. The van der Waals surface area contributed by atoms with Gasteiger partial charge in [0.2, 0.25) is 5.82 Å². The van der Waals surface area contributed by atoms with Gasteiger partial charge in [-0.2, -0.15) is 9.78 Å². The second-order valence-corrected chi connectivity index (χ2v) is 10.6. The summed E-state index contributed by atoms with van der Waals surface area (Å²) in [6.45, 7) is 4.10. The quantitative estimate of drug-likeness (QED) is 0.119. The van der Waals surface area contributed by atoms with Crippen LogP contribution >= 0.6 is 15.9 Å². The molecule has 43 heavy (non-hydrogen) atoms. The number of rotatable bonds is 9. The van der Waals surface area contributed by atoms with Crippen molar-refractivity contribution >= 4 is 44.0 Å². The summed E-state index contributed by atoms with van der Waals surface area (Å²) in [7, 11) is 1.55. The maximum Gasteiger partial charge on any atom is 0.282 e. The number of furan rings is 1. The lowest BCUT2D eigenvalue weighted by Crippen LogP contribution is -2.20. The van der Waals surface area contributed by atoms with E-state index in [1.807, 2.05) is 36.4 Å². The van der Waals surface area contributed by atoms with Gasteiger partial charge in [-0.05, 0) is 78.2 Å². The minimum absolute atomic E-state index is 0.226. The lowest BCUT2D eigenvalue weighted by molar-refractivity contribution is 0.282. The van der Waals surface area contributed by atoms with Crippen molar-refractivity contribution in [3.05, 3.63) is 135 Å². The Balaban J connectivity index is 1.42. The number of allylic oxidation sites excluding steroid dienone is 1. The highest BCUT2D eigenvalue weighted by molar-refractivity contribution is 9.10. The van der Waals surface area contributed by atoms with Crippen molar-refractivity contribution < 1.29 is 18.3 Å². The summed E-state index contributed by atoms with van der Waals surface area (Å²) in [5.74, 6) is 1.39. The third-order valence-electron chi connectivity index (χ3n) is 6.81. The van der Waals surface area contributed by atoms with E-state index >= 15 is 0 Å². The van der Waals surface area contributed by atoms with Gasteiger partial charge in [-0.15, -0.1) is 6.58 Å². The van der Waals surface area contributed by atoms with Crippen LogP contribution in [0.2, 0.25) is 0 Å². The fraction of sp³-hybridized carbons (Fsp3) is 0.0882. The molecule has 0 atom stereocenters. The first kappa shape index (κ1) is 28.1. The third-order valence-corrected chi connectivity index (χ3v) is 7.30. The van der Waals surface area contributed by atoms with Crippen LogP contribution < -0.4 is 15.0 Å². The van der Waals surface area contributed by atoms with E-state index in [2.05, 4.69) is 27.6 Å². The molecular formula is C34H25BrFN3O4. The maximum absolute atomic E-state index is 13.7. The molecule has 0 spiro atoms. The van der Waals surface area contributed by atoms with Gasteiger partial charge in [0.1, 0.15) is 18.0 Å². The first-order chi connectivity index (χ1) is 20.9. The van der Waals surface area contributed by atoms with Crippen molar-refractivity contribution in [1.82, 2.24) is 9.66 Å². The lowest BCUT2D eigenvalue weighted by atomic mass is 10.1. The van der Waals surface area contributed by atoms with E-state index < -0.39 is 0 Å². The smallest absolute Gasteiger partial charge is 0.282 e. The molecule has 0 saturated heterocycles. The van der Waals surface area contributed by atoms with Crippen LogP contribution in [0.5, 0.6) is 11.5 Å². The van der Waals surface area contributed by atoms with E-state index in [1.54, 1.807) is 55.8 Å². The number of benzene rings is 4. The van der Waals surface area contributed by atoms with E-state index in [4.69, 9.17) is 18.9 Å². The van der Waals surface area contributed by atoms with Gasteiger partial charge in [0.25, 0.3) is 5.56 Å². The highest BCUT2D eigenvalue weighted by Gasteiger charge is 2.17. The Bertz CT molecular complexity index is 2070. The van der Waals surface area contributed by atoms with Crippen molar-refractivity contribution in [3.8, 4) is 23.1 Å². The number of aromatic nitrogens is 2. The van der Waals surface area contributed by atoms with Crippen LogP contribution in [0.15, 0.2) is 116 Å². The summed E-state index contributed by atoms with van der Waals surface area (Å²) >= 11 is 3.49. The molecule has 0 fully saturated rings. The first-order valence-electron chi connectivity index (χ1n) is 13.4. The Kier molecular flexibility index (Phi) is 7.89. The van der Waals surface area contributed by atoms with Gasteiger partial charge in [-0.3, -0.25) is 4.79 Å². The van der Waals surface area contributed by atoms with Gasteiger partial charge in [0, 0.05) is 15.4 Å². The largest absolute Gasteiger partial charge is 0.493 e. The van der Waals surface area contributed by atoms with Gasteiger partial charge in [0.05, 0.1) is 24.2 Å². The minimum atomic E-state index is -0.337. The zero-order valence-electron chi connectivity index (χ0n) is 23.1. The van der Waals surface area contributed by atoms with Crippen molar-refractivity contribution in [2.24, 2.45) is 5.10 Å². The van der Waals surface area contributed by atoms with E-state index in [0.29, 0.717) is 45.7 Å². The molecule has 0 aliphatic heterocycles. The van der Waals surface area contributed by atoms with E-state index in [0.717, 1.165) is 21.0 Å². The molecule has 6 aromatic rings. The first-order valence-corrected chi connectivity index (χ1v) is 14.2. The van der Waals surface area contributed by atoms with Crippen LogP contribution in [0, 0.1) is 5.82 Å². The van der Waals surface area contributed by atoms with Gasteiger partial charge in [0.15, 0.2) is 17.3 Å². The predicted molar refractivity (Wildman–Crippen MR) is 170 cm³/mol. The van der Waals surface area contributed by atoms with Crippen molar-refractivity contribution in [3.63, 3.8) is 0 Å². The Labute approximate surface area is 254 Å². The van der Waals surface area contributed by atoms with Crippen LogP contribution in [-0.4, -0.2) is 23.0 Å². The normalized spacial score (nSPS) is 11.4. The molecule has 2 aromatic heterocycles. The second kappa shape index (κ2) is 12.1. The topological polar surface area (TPSA) is 78.9 Å². The molecule has 0 bridgehead atoms. The summed E-state index contributed by atoms with van der Waals surface area (Å²) < 4.78 is 33.4. The lowest BCUT2D eigenvalue weighted by Gasteiger charge is -2.16. The monoisotopic (exact) mass is 637 g/mol. The Morgan fingerprint density at radius 3 is 2.67 bits per heavy atom. The number of fused-ring (bicyclic) bond motifs is 2. The zero-order valence-corrected chi connectivity index (χ0v) is 24.7. The number of hydrogen-bond donors (Lipinski definition) is 0. The summed E-state index contributed by atoms with van der Waals surface area (Å²) in [5.41, 5.74) is 3.15. The van der Waals surface area contributed by atoms with Gasteiger partial charge in [-0.25, -0.2) is 9.37 Å². The fourth-order valence-corrected chi connectivity index (χ4v) is 5.13. The Hall–Kier alpha value is -5.02. The maximum atomic E-state index is 13.7. The molecular weight excluding hydrogens is 613 g/mol. The van der Waals surface area contributed by atoms with Crippen LogP contribution in [0.1, 0.15) is 16.7 Å². The van der Waals surface area contributed by atoms with Crippen LogP contribution in [0.3, 0.4) is 0 Å². The molecule has 0 aliphatic carbocycles. The molecule has 7 nitrogen and oxygen atoms in total. The molecule has 0 unspecified atom stereocenters. The number of hydrogen-bond acceptors (Lipinski definition) is 6. The Morgan fingerprint density at radius 2 is 1.88 bits per heavy atom. The number of methoxy groups -OCH3 is 1. The number of ether oxygens (including phenoxy) is 2. The van der Waals surface area contributed by atoms with Gasteiger partial charge < -0.3 is 13.9 Å². The van der Waals surface area contributed by atoms with E-state index in [9.17, 15) is 9.18 Å². The molecule has 0 aliphatic rings. The van der Waals surface area contributed by atoms with Gasteiger partial charge >= 0.3 is 0 Å². The molecule has 4 aromatic carbocycles. The van der Waals surface area contributed by atoms with Crippen molar-refractivity contribution in [2.45, 2.75) is 13.0 Å². The molecule has 6 rings (SSSR count). The molecule has 214 valence electrons. The average molecular weight is 638 g/mol. The molecule has 2 heterocycles. The van der Waals surface area contributed by atoms with Crippen molar-refractivity contribution in [2.75, 3.05) is 7.11 Å². The summed E-state index contributed by atoms with van der Waals surface area (Å²) in [6, 6.07) is 24.4. The van der Waals surface area contributed by atoms with Crippen LogP contribution in [0.4, 0.5) is 4.39 Å². The number of halogens is 2. The summed E-state index contributed by atoms with van der Waals surface area (Å²) in [4.78, 5) is 18.4. The Morgan fingerprint density at radius 1 is 1.07 bits per heavy atom. The molecule has 0 radical (unpaired) electrons. The third kappa shape index (κ3) is 5.85. The van der Waals surface area contributed by atoms with E-state index in [1.165, 1.54) is 16.8 Å². The summed E-state index contributed by atoms with van der Waals surface area (Å²) in [6.07, 6.45) is 3.82. The highest BCUT2D eigenvalue weighted by Crippen LogP contribution is 2.34. The number of nitrogens with zero attached hydrogens (tertiary/aromatic N) is 3. The predicted octanol–water partition coefficient (Wildman–Crippen LogP) is 7.91. The molecule has 0 N–H and O–H groups in total. The zero-order chi connectivity index (χ0) is 29.9. The van der Waals surface area contributed by atoms with Crippen LogP contribution in [0.25, 0.3) is 33.5 Å². The fourth-order valence-electron chi connectivity index (χ4n) is 4.76. The van der Waals surface area contributed by atoms with E-state index in [-0.39, 0.29) is 23.8 Å². The summed E-state index contributed by atoms with van der Waals surface area (Å²) in [5, 5.41) is 5.87. The van der Waals surface area contributed by atoms with Crippen molar-refractivity contribution in [1.29, 1.82) is 0 Å². The minimum Gasteiger partial charge on any atom is -0.493 e. The highest BCUT2D eigenvalue weighted by atomic mass is 79.9. The number of para-hydroxylation sites is 1. The van der Waals surface area contributed by atoms with Gasteiger partial charge in [-0.1, -0.05) is 46.3 Å². The molecule has 0 amide bonds. The molecule has 9 heteroatoms. The SMILES string of the molecule is C=CCc1cc(C=Nn2c(-c3cc4cc(Br)ccc4o3)nc3ccccc3c2=O)cc(OC)c1OCc1ccc(F)cc1.